The van der Waals surface area contributed by atoms with E-state index in [9.17, 15) is 8.42 Å². The number of halogens is 1. The van der Waals surface area contributed by atoms with E-state index in [0.29, 0.717) is 28.6 Å². The third-order valence-corrected chi connectivity index (χ3v) is 9.17. The average Bonchev–Trinajstić information content (AvgIpc) is 2.71. The lowest BCUT2D eigenvalue weighted by molar-refractivity contribution is 0.0356. The van der Waals surface area contributed by atoms with Gasteiger partial charge in [-0.15, -0.1) is 0 Å². The molecule has 1 spiro atoms. The highest BCUT2D eigenvalue weighted by Gasteiger charge is 2.43. The number of aromatic nitrogens is 1. The molecule has 2 aromatic rings. The van der Waals surface area contributed by atoms with E-state index in [1.807, 2.05) is 26.8 Å². The highest BCUT2D eigenvalue weighted by atomic mass is 35.5. The summed E-state index contributed by atoms with van der Waals surface area (Å²) >= 11 is 6.21. The van der Waals surface area contributed by atoms with Crippen molar-refractivity contribution in [1.82, 2.24) is 14.2 Å². The van der Waals surface area contributed by atoms with Crippen LogP contribution in [0.25, 0.3) is 0 Å². The monoisotopic (exact) mass is 461 g/mol. The zero-order valence-electron chi connectivity index (χ0n) is 18.7. The lowest BCUT2D eigenvalue weighted by atomic mass is 9.74. The fourth-order valence-corrected chi connectivity index (χ4v) is 7.34. The molecule has 1 aromatic heterocycles. The normalized spacial score (nSPS) is 23.4. The summed E-state index contributed by atoms with van der Waals surface area (Å²) in [5.74, 6) is 0. The van der Waals surface area contributed by atoms with Crippen LogP contribution in [0.1, 0.15) is 48.2 Å². The predicted octanol–water partition coefficient (Wildman–Crippen LogP) is 4.73. The number of hydrogen-bond acceptors (Lipinski definition) is 4. The van der Waals surface area contributed by atoms with Crippen LogP contribution in [0.2, 0.25) is 5.02 Å². The molecule has 0 aliphatic carbocycles. The first kappa shape index (κ1) is 22.7. The van der Waals surface area contributed by atoms with Crippen molar-refractivity contribution >= 4 is 21.6 Å². The number of pyridine rings is 1. The lowest BCUT2D eigenvalue weighted by Crippen LogP contribution is -2.53. The number of aryl methyl sites for hydroxylation is 3. The zero-order valence-corrected chi connectivity index (χ0v) is 20.3. The molecule has 0 saturated carbocycles. The van der Waals surface area contributed by atoms with E-state index < -0.39 is 10.0 Å². The maximum Gasteiger partial charge on any atom is 0.243 e. The Morgan fingerprint density at radius 2 is 1.77 bits per heavy atom. The Morgan fingerprint density at radius 1 is 1.03 bits per heavy atom. The van der Waals surface area contributed by atoms with Crippen molar-refractivity contribution in [1.29, 1.82) is 0 Å². The van der Waals surface area contributed by atoms with Crippen molar-refractivity contribution in [2.75, 3.05) is 26.2 Å². The van der Waals surface area contributed by atoms with Crippen LogP contribution in [0.5, 0.6) is 0 Å². The first-order valence-electron chi connectivity index (χ1n) is 11.1. The molecular weight excluding hydrogens is 430 g/mol. The van der Waals surface area contributed by atoms with Gasteiger partial charge in [0.05, 0.1) is 10.6 Å². The van der Waals surface area contributed by atoms with E-state index in [1.54, 1.807) is 16.4 Å². The molecule has 2 aliphatic rings. The number of sulfonamides is 1. The van der Waals surface area contributed by atoms with Crippen LogP contribution in [0.3, 0.4) is 0 Å². The van der Waals surface area contributed by atoms with Crippen molar-refractivity contribution in [3.05, 3.63) is 57.9 Å². The Balaban J connectivity index is 1.54. The minimum atomic E-state index is -3.55. The molecule has 1 unspecified atom stereocenters. The zero-order chi connectivity index (χ0) is 22.2. The summed E-state index contributed by atoms with van der Waals surface area (Å²) in [6, 6.07) is 9.65. The summed E-state index contributed by atoms with van der Waals surface area (Å²) in [5.41, 5.74) is 3.65. The molecule has 2 fully saturated rings. The number of rotatable bonds is 4. The first-order chi connectivity index (χ1) is 14.7. The van der Waals surface area contributed by atoms with Crippen LogP contribution in [-0.4, -0.2) is 48.8 Å². The van der Waals surface area contributed by atoms with Crippen LogP contribution in [-0.2, 0) is 16.6 Å². The molecule has 1 atom stereocenters. The Bertz CT molecular complexity index is 1070. The van der Waals surface area contributed by atoms with Gasteiger partial charge in [-0.2, -0.15) is 4.31 Å². The molecule has 168 valence electrons. The van der Waals surface area contributed by atoms with Crippen molar-refractivity contribution in [3.63, 3.8) is 0 Å². The topological polar surface area (TPSA) is 53.5 Å². The van der Waals surface area contributed by atoms with Gasteiger partial charge < -0.3 is 0 Å². The van der Waals surface area contributed by atoms with Crippen LogP contribution < -0.4 is 0 Å². The fraction of sp³-hybridized carbons (Fsp3) is 0.542. The number of hydrogen-bond donors (Lipinski definition) is 0. The van der Waals surface area contributed by atoms with Gasteiger partial charge in [0.2, 0.25) is 10.0 Å². The molecule has 4 rings (SSSR count). The molecule has 0 bridgehead atoms. The molecule has 2 saturated heterocycles. The third kappa shape index (κ3) is 4.82. The molecule has 0 radical (unpaired) electrons. The second-order valence-corrected chi connectivity index (χ2v) is 11.7. The Hall–Kier alpha value is -1.47. The van der Waals surface area contributed by atoms with Gasteiger partial charge in [0.25, 0.3) is 0 Å². The smallest absolute Gasteiger partial charge is 0.243 e. The van der Waals surface area contributed by atoms with Crippen LogP contribution in [0, 0.1) is 26.2 Å². The number of nitrogens with zero attached hydrogens (tertiary/aromatic N) is 3. The van der Waals surface area contributed by atoms with Crippen molar-refractivity contribution in [2.45, 2.75) is 57.9 Å². The number of likely N-dealkylation sites (tertiary alicyclic amines) is 1. The van der Waals surface area contributed by atoms with E-state index in [2.05, 4.69) is 22.0 Å². The summed E-state index contributed by atoms with van der Waals surface area (Å²) < 4.78 is 28.9. The summed E-state index contributed by atoms with van der Waals surface area (Å²) in [4.78, 5) is 7.51. The molecule has 31 heavy (non-hydrogen) atoms. The van der Waals surface area contributed by atoms with Gasteiger partial charge in [-0.1, -0.05) is 17.7 Å². The maximum absolute atomic E-state index is 13.6. The van der Waals surface area contributed by atoms with E-state index in [4.69, 9.17) is 11.6 Å². The minimum absolute atomic E-state index is 0.0166. The molecule has 0 amide bonds. The second kappa shape index (κ2) is 8.81. The summed E-state index contributed by atoms with van der Waals surface area (Å²) in [6.07, 6.45) is 4.16. The summed E-state index contributed by atoms with van der Waals surface area (Å²) in [6.45, 7) is 9.68. The molecule has 2 aliphatic heterocycles. The van der Waals surface area contributed by atoms with Crippen molar-refractivity contribution in [3.8, 4) is 0 Å². The van der Waals surface area contributed by atoms with Crippen LogP contribution in [0.4, 0.5) is 0 Å². The van der Waals surface area contributed by atoms with Gasteiger partial charge in [-0.25, -0.2) is 8.42 Å². The lowest BCUT2D eigenvalue weighted by Gasteiger charge is -2.48. The molecule has 5 nitrogen and oxygen atoms in total. The Morgan fingerprint density at radius 3 is 2.52 bits per heavy atom. The predicted molar refractivity (Wildman–Crippen MR) is 125 cm³/mol. The average molecular weight is 462 g/mol. The quantitative estimate of drug-likeness (QED) is 0.660. The third-order valence-electron chi connectivity index (χ3n) is 6.77. The van der Waals surface area contributed by atoms with E-state index in [-0.39, 0.29) is 5.41 Å². The highest BCUT2D eigenvalue weighted by molar-refractivity contribution is 7.89. The van der Waals surface area contributed by atoms with Crippen molar-refractivity contribution < 1.29 is 8.42 Å². The number of piperidine rings is 2. The molecule has 7 heteroatoms. The van der Waals surface area contributed by atoms with E-state index >= 15 is 0 Å². The Kier molecular flexibility index (Phi) is 6.46. The van der Waals surface area contributed by atoms with Crippen molar-refractivity contribution in [2.24, 2.45) is 5.41 Å². The SMILES string of the molecule is Cc1cccc(CN2CCCC3(CCCN(S(=O)(=O)c4cc(C)c(Cl)cc4C)C3)C2)n1. The minimum Gasteiger partial charge on any atom is -0.297 e. The van der Waals surface area contributed by atoms with Gasteiger partial charge >= 0.3 is 0 Å². The largest absolute Gasteiger partial charge is 0.297 e. The second-order valence-electron chi connectivity index (χ2n) is 9.39. The van der Waals surface area contributed by atoms with Gasteiger partial charge in [-0.3, -0.25) is 9.88 Å². The van der Waals surface area contributed by atoms with E-state index in [1.165, 1.54) is 0 Å². The maximum atomic E-state index is 13.6. The molecule has 0 N–H and O–H groups in total. The molecule has 3 heterocycles. The summed E-state index contributed by atoms with van der Waals surface area (Å²) in [5, 5.41) is 0.610. The molecule has 1 aromatic carbocycles. The van der Waals surface area contributed by atoms with Crippen LogP contribution >= 0.6 is 11.6 Å². The van der Waals surface area contributed by atoms with Gasteiger partial charge in [0, 0.05) is 36.9 Å². The highest BCUT2D eigenvalue weighted by Crippen LogP contribution is 2.41. The first-order valence-corrected chi connectivity index (χ1v) is 12.9. The standard InChI is InChI=1S/C24H32ClN3O2S/c1-18-14-23(19(2)13-22(18)25)31(29,30)28-12-6-10-24(17-28)9-5-11-27(16-24)15-21-8-4-7-20(3)26-21/h4,7-8,13-14H,5-6,9-12,15-17H2,1-3H3. The molecular formula is C24H32ClN3O2S. The number of benzene rings is 1. The van der Waals surface area contributed by atoms with Gasteiger partial charge in [0.1, 0.15) is 0 Å². The van der Waals surface area contributed by atoms with Crippen LogP contribution in [0.15, 0.2) is 35.2 Å². The fourth-order valence-electron chi connectivity index (χ4n) is 5.23. The van der Waals surface area contributed by atoms with E-state index in [0.717, 1.165) is 62.3 Å². The Labute approximate surface area is 191 Å². The summed E-state index contributed by atoms with van der Waals surface area (Å²) in [7, 11) is -3.55. The van der Waals surface area contributed by atoms with Gasteiger partial charge in [0.15, 0.2) is 0 Å². The van der Waals surface area contributed by atoms with Gasteiger partial charge in [-0.05, 0) is 93.8 Å².